The molecule has 0 saturated carbocycles. The minimum Gasteiger partial charge on any atom is -0.121 e. The van der Waals surface area contributed by atoms with Crippen LogP contribution in [0.4, 0.5) is 0 Å². The van der Waals surface area contributed by atoms with Gasteiger partial charge in [-0.25, -0.2) is 0 Å². The predicted octanol–water partition coefficient (Wildman–Crippen LogP) is 9.12. The predicted molar refractivity (Wildman–Crippen MR) is 140 cm³/mol. The summed E-state index contributed by atoms with van der Waals surface area (Å²) in [5.41, 5.74) is 4.19. The van der Waals surface area contributed by atoms with Gasteiger partial charge in [0.2, 0.25) is 0 Å². The topological polar surface area (TPSA) is 0 Å². The molecule has 31 heavy (non-hydrogen) atoms. The van der Waals surface area contributed by atoms with Crippen LogP contribution in [0.5, 0.6) is 0 Å². The molecule has 0 amide bonds. The summed E-state index contributed by atoms with van der Waals surface area (Å²) >= 11 is 0. The molecule has 0 saturated heterocycles. The lowest BCUT2D eigenvalue weighted by Crippen LogP contribution is -2.29. The van der Waals surface area contributed by atoms with Crippen LogP contribution < -0.4 is 0 Å². The van der Waals surface area contributed by atoms with Gasteiger partial charge in [-0.15, -0.1) is 9.24 Å². The van der Waals surface area contributed by atoms with Gasteiger partial charge in [0.1, 0.15) is 0 Å². The van der Waals surface area contributed by atoms with Crippen LogP contribution in [0.25, 0.3) is 0 Å². The van der Waals surface area contributed by atoms with E-state index in [2.05, 4.69) is 107 Å². The summed E-state index contributed by atoms with van der Waals surface area (Å²) in [6.07, 6.45) is 12.1. The quantitative estimate of drug-likeness (QED) is 0.187. The highest BCUT2D eigenvalue weighted by Gasteiger charge is 2.38. The van der Waals surface area contributed by atoms with Crippen molar-refractivity contribution >= 4 is 9.24 Å². The third-order valence-corrected chi connectivity index (χ3v) is 7.67. The van der Waals surface area contributed by atoms with E-state index in [1.54, 1.807) is 0 Å². The average molecular weight is 431 g/mol. The normalized spacial score (nSPS) is 12.6. The van der Waals surface area contributed by atoms with Gasteiger partial charge in [-0.1, -0.05) is 149 Å². The van der Waals surface area contributed by atoms with Crippen molar-refractivity contribution < 1.29 is 0 Å². The second-order valence-electron chi connectivity index (χ2n) is 8.83. The molecule has 0 N–H and O–H groups in total. The third kappa shape index (κ3) is 6.54. The second kappa shape index (κ2) is 12.8. The maximum atomic E-state index is 3.28. The molecule has 2 atom stereocenters. The van der Waals surface area contributed by atoms with Crippen LogP contribution in [-0.4, -0.2) is 0 Å². The molecule has 0 radical (unpaired) electrons. The summed E-state index contributed by atoms with van der Waals surface area (Å²) in [5.74, 6) is 0.420. The van der Waals surface area contributed by atoms with Crippen LogP contribution in [0.2, 0.25) is 0 Å². The Labute approximate surface area is 192 Å². The largest absolute Gasteiger partial charge is 0.121 e. The molecular formula is C30H39P. The Morgan fingerprint density at radius 3 is 1.48 bits per heavy atom. The minimum absolute atomic E-state index is 0.134. The zero-order chi connectivity index (χ0) is 21.8. The zero-order valence-electron chi connectivity index (χ0n) is 19.2. The highest BCUT2D eigenvalue weighted by Crippen LogP contribution is 2.51. The Bertz CT molecular complexity index is 802. The molecule has 0 bridgehead atoms. The number of benzene rings is 3. The first-order valence-corrected chi connectivity index (χ1v) is 12.8. The van der Waals surface area contributed by atoms with Crippen LogP contribution >= 0.6 is 9.24 Å². The monoisotopic (exact) mass is 430 g/mol. The van der Waals surface area contributed by atoms with Gasteiger partial charge in [-0.3, -0.25) is 0 Å². The number of rotatable bonds is 13. The molecule has 0 aliphatic carbocycles. The molecule has 3 aromatic carbocycles. The van der Waals surface area contributed by atoms with Crippen molar-refractivity contribution in [2.45, 2.75) is 75.8 Å². The Morgan fingerprint density at radius 2 is 1.00 bits per heavy atom. The van der Waals surface area contributed by atoms with Crippen molar-refractivity contribution in [2.75, 3.05) is 0 Å². The van der Waals surface area contributed by atoms with Gasteiger partial charge in [0.25, 0.3) is 0 Å². The minimum atomic E-state index is -0.134. The second-order valence-corrected chi connectivity index (χ2v) is 9.74. The lowest BCUT2D eigenvalue weighted by molar-refractivity contribution is 0.477. The van der Waals surface area contributed by atoms with Crippen LogP contribution in [0.15, 0.2) is 91.0 Å². The van der Waals surface area contributed by atoms with E-state index in [9.17, 15) is 0 Å². The molecule has 3 aromatic rings. The van der Waals surface area contributed by atoms with Gasteiger partial charge in [-0.05, 0) is 23.1 Å². The standard InChI is InChI=1S/C30H39P/c1-2-3-4-5-6-7-8-18-25-29(26-19-12-9-13-20-26)30(31,27-21-14-10-15-22-27)28-23-16-11-17-24-28/h9-17,19-24,29H,2-8,18,25,31H2,1H3. The maximum absolute atomic E-state index is 3.28. The van der Waals surface area contributed by atoms with Crippen LogP contribution in [0.1, 0.15) is 87.3 Å². The first-order valence-electron chi connectivity index (χ1n) is 12.2. The van der Waals surface area contributed by atoms with Crippen molar-refractivity contribution in [2.24, 2.45) is 0 Å². The van der Waals surface area contributed by atoms with Crippen molar-refractivity contribution in [3.05, 3.63) is 108 Å². The Kier molecular flexibility index (Phi) is 9.83. The van der Waals surface area contributed by atoms with Crippen molar-refractivity contribution in [3.8, 4) is 0 Å². The molecule has 164 valence electrons. The van der Waals surface area contributed by atoms with Crippen LogP contribution in [0, 0.1) is 0 Å². The Balaban J connectivity index is 1.82. The smallest absolute Gasteiger partial charge is 0.0412 e. The number of unbranched alkanes of at least 4 members (excludes halogenated alkanes) is 7. The van der Waals surface area contributed by atoms with E-state index < -0.39 is 0 Å². The molecule has 0 fully saturated rings. The Hall–Kier alpha value is -1.91. The van der Waals surface area contributed by atoms with Crippen molar-refractivity contribution in [1.82, 2.24) is 0 Å². The summed E-state index contributed by atoms with van der Waals surface area (Å²) < 4.78 is 0. The lowest BCUT2D eigenvalue weighted by atomic mass is 9.74. The Morgan fingerprint density at radius 1 is 0.581 bits per heavy atom. The number of hydrogen-bond donors (Lipinski definition) is 0. The highest BCUT2D eigenvalue weighted by molar-refractivity contribution is 7.19. The molecule has 1 heteroatoms. The van der Waals surface area contributed by atoms with E-state index in [-0.39, 0.29) is 5.16 Å². The fraction of sp³-hybridized carbons (Fsp3) is 0.400. The molecular weight excluding hydrogens is 391 g/mol. The fourth-order valence-corrected chi connectivity index (χ4v) is 5.57. The van der Waals surface area contributed by atoms with E-state index in [1.165, 1.54) is 74.5 Å². The highest BCUT2D eigenvalue weighted by atomic mass is 31.0. The summed E-state index contributed by atoms with van der Waals surface area (Å²) in [5, 5.41) is -0.134. The third-order valence-electron chi connectivity index (χ3n) is 6.60. The number of hydrogen-bond acceptors (Lipinski definition) is 0. The summed E-state index contributed by atoms with van der Waals surface area (Å²) in [6.45, 7) is 2.29. The molecule has 0 spiro atoms. The van der Waals surface area contributed by atoms with Gasteiger partial charge in [0.05, 0.1) is 0 Å². The molecule has 2 unspecified atom stereocenters. The van der Waals surface area contributed by atoms with E-state index in [1.807, 2.05) is 0 Å². The van der Waals surface area contributed by atoms with Gasteiger partial charge in [-0.2, -0.15) is 0 Å². The van der Waals surface area contributed by atoms with E-state index in [0.29, 0.717) is 5.92 Å². The van der Waals surface area contributed by atoms with Gasteiger partial charge >= 0.3 is 0 Å². The molecule has 0 heterocycles. The molecule has 0 aromatic heterocycles. The van der Waals surface area contributed by atoms with Gasteiger partial charge < -0.3 is 0 Å². The van der Waals surface area contributed by atoms with Gasteiger partial charge in [0, 0.05) is 11.1 Å². The molecule has 3 rings (SSSR count). The van der Waals surface area contributed by atoms with Crippen molar-refractivity contribution in [3.63, 3.8) is 0 Å². The van der Waals surface area contributed by atoms with E-state index >= 15 is 0 Å². The van der Waals surface area contributed by atoms with Crippen molar-refractivity contribution in [1.29, 1.82) is 0 Å². The fourth-order valence-electron chi connectivity index (χ4n) is 4.82. The first kappa shape index (κ1) is 23.7. The zero-order valence-corrected chi connectivity index (χ0v) is 20.3. The van der Waals surface area contributed by atoms with Crippen LogP contribution in [-0.2, 0) is 5.16 Å². The summed E-state index contributed by atoms with van der Waals surface area (Å²) in [4.78, 5) is 0. The summed E-state index contributed by atoms with van der Waals surface area (Å²) in [6, 6.07) is 33.3. The van der Waals surface area contributed by atoms with Crippen LogP contribution in [0.3, 0.4) is 0 Å². The van der Waals surface area contributed by atoms with Gasteiger partial charge in [0.15, 0.2) is 0 Å². The average Bonchev–Trinajstić information content (AvgIpc) is 2.84. The molecule has 0 nitrogen and oxygen atoms in total. The molecule has 0 aliphatic heterocycles. The van der Waals surface area contributed by atoms with E-state index in [0.717, 1.165) is 0 Å². The molecule has 0 aliphatic rings. The summed E-state index contributed by atoms with van der Waals surface area (Å²) in [7, 11) is 3.28. The SMILES string of the molecule is CCCCCCCCCCC(c1ccccc1)C(P)(c1ccccc1)c1ccccc1. The first-order chi connectivity index (χ1) is 15.3. The lowest BCUT2D eigenvalue weighted by Gasteiger charge is -2.39. The van der Waals surface area contributed by atoms with E-state index in [4.69, 9.17) is 0 Å². The maximum Gasteiger partial charge on any atom is 0.0412 e.